The molecule has 2 rings (SSSR count). The Morgan fingerprint density at radius 1 is 1.14 bits per heavy atom. The second kappa shape index (κ2) is 7.28. The van der Waals surface area contributed by atoms with Gasteiger partial charge in [-0.1, -0.05) is 48.2 Å². The number of nitrogens with zero attached hydrogens (tertiary/aromatic N) is 1. The smallest absolute Gasteiger partial charge is 0.253 e. The summed E-state index contributed by atoms with van der Waals surface area (Å²) in [5.41, 5.74) is 7.91. The van der Waals surface area contributed by atoms with Gasteiger partial charge in [-0.3, -0.25) is 4.79 Å². The highest BCUT2D eigenvalue weighted by Gasteiger charge is 2.12. The first kappa shape index (κ1) is 14.8. The third-order valence-corrected chi connectivity index (χ3v) is 3.05. The lowest BCUT2D eigenvalue weighted by Crippen LogP contribution is -2.26. The minimum Gasteiger partial charge on any atom is -0.337 e. The fraction of sp³-hybridized carbons (Fsp3) is 0.167. The maximum Gasteiger partial charge on any atom is 0.253 e. The highest BCUT2D eigenvalue weighted by Crippen LogP contribution is 2.10. The summed E-state index contributed by atoms with van der Waals surface area (Å²) in [6.45, 7) is 0.893. The first-order chi connectivity index (χ1) is 10.2. The Kier molecular flexibility index (Phi) is 5.14. The van der Waals surface area contributed by atoms with Gasteiger partial charge in [-0.2, -0.15) is 0 Å². The molecule has 0 aliphatic heterocycles. The van der Waals surface area contributed by atoms with E-state index in [4.69, 9.17) is 5.73 Å². The molecule has 2 N–H and O–H groups in total. The summed E-state index contributed by atoms with van der Waals surface area (Å²) in [5, 5.41) is 0. The van der Waals surface area contributed by atoms with Crippen molar-refractivity contribution in [3.8, 4) is 11.8 Å². The van der Waals surface area contributed by atoms with Crippen molar-refractivity contribution in [3.05, 3.63) is 71.3 Å². The topological polar surface area (TPSA) is 46.3 Å². The van der Waals surface area contributed by atoms with Crippen LogP contribution in [-0.2, 0) is 6.54 Å². The Morgan fingerprint density at radius 2 is 1.90 bits per heavy atom. The molecule has 1 amide bonds. The summed E-state index contributed by atoms with van der Waals surface area (Å²) in [7, 11) is 1.80. The maximum absolute atomic E-state index is 12.4. The molecular formula is C18H18N2O. The molecule has 0 aromatic heterocycles. The molecule has 0 spiro atoms. The monoisotopic (exact) mass is 278 g/mol. The first-order valence-corrected chi connectivity index (χ1v) is 6.79. The number of hydrogen-bond donors (Lipinski definition) is 1. The van der Waals surface area contributed by atoms with E-state index in [1.54, 1.807) is 24.1 Å². The molecule has 3 nitrogen and oxygen atoms in total. The van der Waals surface area contributed by atoms with E-state index < -0.39 is 0 Å². The Labute approximate surface area is 125 Å². The first-order valence-electron chi connectivity index (χ1n) is 6.79. The van der Waals surface area contributed by atoms with Crippen molar-refractivity contribution in [2.45, 2.75) is 6.54 Å². The van der Waals surface area contributed by atoms with Crippen molar-refractivity contribution < 1.29 is 4.79 Å². The number of amides is 1. The van der Waals surface area contributed by atoms with Gasteiger partial charge in [0.15, 0.2) is 0 Å². The molecule has 2 aromatic rings. The third kappa shape index (κ3) is 4.20. The van der Waals surface area contributed by atoms with Crippen molar-refractivity contribution in [1.29, 1.82) is 0 Å². The molecule has 0 aliphatic carbocycles. The van der Waals surface area contributed by atoms with E-state index in [1.807, 2.05) is 42.5 Å². The summed E-state index contributed by atoms with van der Waals surface area (Å²) in [5.74, 6) is 5.72. The minimum absolute atomic E-state index is 0.0183. The van der Waals surface area contributed by atoms with E-state index in [0.717, 1.165) is 11.1 Å². The van der Waals surface area contributed by atoms with Crippen molar-refractivity contribution in [3.63, 3.8) is 0 Å². The largest absolute Gasteiger partial charge is 0.337 e. The number of hydrogen-bond acceptors (Lipinski definition) is 2. The quantitative estimate of drug-likeness (QED) is 0.875. The molecule has 21 heavy (non-hydrogen) atoms. The van der Waals surface area contributed by atoms with Crippen LogP contribution in [0.1, 0.15) is 21.5 Å². The van der Waals surface area contributed by atoms with Crippen LogP contribution in [0.2, 0.25) is 0 Å². The van der Waals surface area contributed by atoms with Crippen LogP contribution < -0.4 is 5.73 Å². The van der Waals surface area contributed by atoms with E-state index >= 15 is 0 Å². The molecule has 2 aromatic carbocycles. The van der Waals surface area contributed by atoms with Crippen LogP contribution >= 0.6 is 0 Å². The Hall–Kier alpha value is -2.57. The molecular weight excluding hydrogens is 260 g/mol. The van der Waals surface area contributed by atoms with Gasteiger partial charge in [-0.25, -0.2) is 0 Å². The molecule has 0 unspecified atom stereocenters. The molecule has 0 aliphatic rings. The zero-order valence-corrected chi connectivity index (χ0v) is 12.0. The summed E-state index contributed by atoms with van der Waals surface area (Å²) in [6, 6.07) is 17.2. The summed E-state index contributed by atoms with van der Waals surface area (Å²) < 4.78 is 0. The molecule has 3 heteroatoms. The molecule has 0 bridgehead atoms. The maximum atomic E-state index is 12.4. The van der Waals surface area contributed by atoms with Crippen molar-refractivity contribution in [2.75, 3.05) is 13.6 Å². The van der Waals surface area contributed by atoms with Gasteiger partial charge in [0.05, 0.1) is 6.54 Å². The van der Waals surface area contributed by atoms with Gasteiger partial charge < -0.3 is 10.6 Å². The van der Waals surface area contributed by atoms with Crippen LogP contribution in [0.4, 0.5) is 0 Å². The predicted molar refractivity (Wildman–Crippen MR) is 84.6 cm³/mol. The van der Waals surface area contributed by atoms with Crippen LogP contribution in [0.25, 0.3) is 0 Å². The van der Waals surface area contributed by atoms with Crippen LogP contribution in [-0.4, -0.2) is 24.4 Å². The second-order valence-electron chi connectivity index (χ2n) is 4.73. The zero-order valence-electron chi connectivity index (χ0n) is 12.0. The molecule has 0 atom stereocenters. The van der Waals surface area contributed by atoms with Gasteiger partial charge in [0, 0.05) is 24.7 Å². The molecule has 0 heterocycles. The van der Waals surface area contributed by atoms with E-state index in [2.05, 4.69) is 11.8 Å². The zero-order chi connectivity index (χ0) is 15.1. The predicted octanol–water partition coefficient (Wildman–Crippen LogP) is 2.27. The number of carbonyl (C=O) groups is 1. The standard InChI is InChI=1S/C18H18N2O/c1-20(14-16-7-3-2-4-8-16)18(21)17-11-5-9-15(13-17)10-6-12-19/h2-5,7-9,11,13H,12,14,19H2,1H3. The Balaban J connectivity index is 2.12. The van der Waals surface area contributed by atoms with Crippen molar-refractivity contribution in [1.82, 2.24) is 4.90 Å². The van der Waals surface area contributed by atoms with Crippen LogP contribution in [0.5, 0.6) is 0 Å². The normalized spacial score (nSPS) is 9.62. The highest BCUT2D eigenvalue weighted by atomic mass is 16.2. The van der Waals surface area contributed by atoms with Gasteiger partial charge in [-0.15, -0.1) is 0 Å². The van der Waals surface area contributed by atoms with Crippen molar-refractivity contribution >= 4 is 5.91 Å². The number of benzene rings is 2. The lowest BCUT2D eigenvalue weighted by molar-refractivity contribution is 0.0785. The Bertz CT molecular complexity index is 668. The third-order valence-electron chi connectivity index (χ3n) is 3.05. The molecule has 0 saturated carbocycles. The number of rotatable bonds is 3. The van der Waals surface area contributed by atoms with E-state index in [1.165, 1.54) is 0 Å². The van der Waals surface area contributed by atoms with E-state index in [0.29, 0.717) is 18.7 Å². The Morgan fingerprint density at radius 3 is 2.62 bits per heavy atom. The average molecular weight is 278 g/mol. The fourth-order valence-corrected chi connectivity index (χ4v) is 2.03. The summed E-state index contributed by atoms with van der Waals surface area (Å²) >= 11 is 0. The molecule has 0 saturated heterocycles. The minimum atomic E-state index is -0.0183. The molecule has 106 valence electrons. The van der Waals surface area contributed by atoms with Crippen LogP contribution in [0.15, 0.2) is 54.6 Å². The van der Waals surface area contributed by atoms with Gasteiger partial charge in [0.2, 0.25) is 0 Å². The SMILES string of the molecule is CN(Cc1ccccc1)C(=O)c1cccc(C#CCN)c1. The summed E-state index contributed by atoms with van der Waals surface area (Å²) in [6.07, 6.45) is 0. The van der Waals surface area contributed by atoms with Gasteiger partial charge >= 0.3 is 0 Å². The number of nitrogens with two attached hydrogens (primary N) is 1. The average Bonchev–Trinajstić information content (AvgIpc) is 2.53. The van der Waals surface area contributed by atoms with Gasteiger partial charge in [0.1, 0.15) is 0 Å². The fourth-order valence-electron chi connectivity index (χ4n) is 2.03. The van der Waals surface area contributed by atoms with Crippen LogP contribution in [0, 0.1) is 11.8 Å². The van der Waals surface area contributed by atoms with Crippen LogP contribution in [0.3, 0.4) is 0 Å². The number of carbonyl (C=O) groups excluding carboxylic acids is 1. The highest BCUT2D eigenvalue weighted by molar-refractivity contribution is 5.94. The van der Waals surface area contributed by atoms with Gasteiger partial charge in [-0.05, 0) is 23.8 Å². The molecule has 0 radical (unpaired) electrons. The second-order valence-corrected chi connectivity index (χ2v) is 4.73. The van der Waals surface area contributed by atoms with E-state index in [-0.39, 0.29) is 5.91 Å². The lowest BCUT2D eigenvalue weighted by Gasteiger charge is -2.17. The van der Waals surface area contributed by atoms with E-state index in [9.17, 15) is 4.79 Å². The summed E-state index contributed by atoms with van der Waals surface area (Å²) in [4.78, 5) is 14.1. The van der Waals surface area contributed by atoms with Gasteiger partial charge in [0.25, 0.3) is 5.91 Å². The van der Waals surface area contributed by atoms with Crippen molar-refractivity contribution in [2.24, 2.45) is 5.73 Å². The lowest BCUT2D eigenvalue weighted by atomic mass is 10.1. The molecule has 0 fully saturated rings.